The van der Waals surface area contributed by atoms with E-state index in [4.69, 9.17) is 21.1 Å². The number of ether oxygens (including phenoxy) is 2. The van der Waals surface area contributed by atoms with Crippen molar-refractivity contribution in [3.8, 4) is 11.5 Å². The van der Waals surface area contributed by atoms with Crippen molar-refractivity contribution in [2.24, 2.45) is 0 Å². The molecule has 0 spiro atoms. The van der Waals surface area contributed by atoms with Gasteiger partial charge in [0.05, 0.1) is 10.5 Å². The lowest BCUT2D eigenvalue weighted by atomic mass is 10.2. The van der Waals surface area contributed by atoms with E-state index in [0.717, 1.165) is 16.4 Å². The first kappa shape index (κ1) is 18.8. The van der Waals surface area contributed by atoms with Gasteiger partial charge in [0, 0.05) is 18.6 Å². The highest BCUT2D eigenvalue weighted by molar-refractivity contribution is 7.89. The van der Waals surface area contributed by atoms with Crippen LogP contribution in [0.15, 0.2) is 41.3 Å². The quantitative estimate of drug-likeness (QED) is 0.771. The van der Waals surface area contributed by atoms with Crippen molar-refractivity contribution in [1.82, 2.24) is 4.31 Å². The van der Waals surface area contributed by atoms with Crippen molar-refractivity contribution < 1.29 is 31.1 Å². The molecule has 0 bridgehead atoms. The van der Waals surface area contributed by atoms with Gasteiger partial charge in [-0.15, -0.1) is 0 Å². The molecule has 2 aromatic carbocycles. The Morgan fingerprint density at radius 2 is 1.81 bits per heavy atom. The van der Waals surface area contributed by atoms with Crippen LogP contribution in [0, 0.1) is 0 Å². The summed E-state index contributed by atoms with van der Waals surface area (Å²) in [4.78, 5) is -0.849. The molecule has 0 radical (unpaired) electrons. The molecule has 10 heteroatoms. The zero-order chi connectivity index (χ0) is 19.1. The Balaban J connectivity index is 1.93. The summed E-state index contributed by atoms with van der Waals surface area (Å²) in [5.74, 6) is 0.979. The number of hydrogen-bond donors (Lipinski definition) is 0. The number of alkyl halides is 3. The second-order valence-corrected chi connectivity index (χ2v) is 8.04. The zero-order valence-corrected chi connectivity index (χ0v) is 15.0. The molecule has 5 nitrogen and oxygen atoms in total. The van der Waals surface area contributed by atoms with Crippen molar-refractivity contribution in [2.75, 3.05) is 13.8 Å². The fourth-order valence-electron chi connectivity index (χ4n) is 2.50. The van der Waals surface area contributed by atoms with E-state index in [-0.39, 0.29) is 18.4 Å². The second kappa shape index (κ2) is 6.64. The molecular weight excluding hydrogens is 395 g/mol. The minimum atomic E-state index is -4.85. The van der Waals surface area contributed by atoms with Gasteiger partial charge in [-0.1, -0.05) is 17.7 Å². The molecule has 0 amide bonds. The highest BCUT2D eigenvalue weighted by Gasteiger charge is 2.38. The van der Waals surface area contributed by atoms with Crippen LogP contribution in [0.3, 0.4) is 0 Å². The van der Waals surface area contributed by atoms with E-state index in [0.29, 0.717) is 23.1 Å². The normalized spacial score (nSPS) is 14.1. The summed E-state index contributed by atoms with van der Waals surface area (Å²) in [5.41, 5.74) is -0.759. The third-order valence-corrected chi connectivity index (χ3v) is 5.87. The van der Waals surface area contributed by atoms with Crippen LogP contribution in [0.5, 0.6) is 11.5 Å². The summed E-state index contributed by atoms with van der Waals surface area (Å²) >= 11 is 5.60. The third kappa shape index (κ3) is 3.60. The van der Waals surface area contributed by atoms with Gasteiger partial charge in [0.25, 0.3) is 0 Å². The monoisotopic (exact) mass is 407 g/mol. The molecule has 3 rings (SSSR count). The van der Waals surface area contributed by atoms with Gasteiger partial charge in [-0.25, -0.2) is 8.42 Å². The standard InChI is InChI=1S/C16H13ClF3NO4S/c1-21(8-10-2-4-13-14(6-10)25-9-24-13)26(22,23)15-5-3-11(17)7-12(15)16(18,19)20/h2-7H,8-9H2,1H3. The van der Waals surface area contributed by atoms with E-state index in [1.54, 1.807) is 18.2 Å². The van der Waals surface area contributed by atoms with Gasteiger partial charge in [-0.2, -0.15) is 17.5 Å². The Hall–Kier alpha value is -1.97. The highest BCUT2D eigenvalue weighted by Crippen LogP contribution is 2.37. The maximum atomic E-state index is 13.2. The van der Waals surface area contributed by atoms with Crippen LogP contribution in [0.25, 0.3) is 0 Å². The largest absolute Gasteiger partial charge is 0.454 e. The molecule has 0 aromatic heterocycles. The van der Waals surface area contributed by atoms with Crippen molar-refractivity contribution >= 4 is 21.6 Å². The van der Waals surface area contributed by atoms with E-state index in [9.17, 15) is 21.6 Å². The molecule has 0 saturated carbocycles. The fraction of sp³-hybridized carbons (Fsp3) is 0.250. The van der Waals surface area contributed by atoms with Gasteiger partial charge in [0.15, 0.2) is 11.5 Å². The first-order valence-electron chi connectivity index (χ1n) is 7.30. The summed E-state index contributed by atoms with van der Waals surface area (Å²) in [7, 11) is -3.20. The topological polar surface area (TPSA) is 55.8 Å². The van der Waals surface area contributed by atoms with Crippen LogP contribution in [-0.4, -0.2) is 26.6 Å². The molecule has 0 saturated heterocycles. The summed E-state index contributed by atoms with van der Waals surface area (Å²) in [5, 5.41) is -0.199. The summed E-state index contributed by atoms with van der Waals surface area (Å²) in [6, 6.07) is 7.38. The van der Waals surface area contributed by atoms with E-state index >= 15 is 0 Å². The Morgan fingerprint density at radius 1 is 1.12 bits per heavy atom. The van der Waals surface area contributed by atoms with Gasteiger partial charge in [-0.3, -0.25) is 0 Å². The molecule has 2 aromatic rings. The van der Waals surface area contributed by atoms with Crippen LogP contribution in [0.2, 0.25) is 5.02 Å². The average molecular weight is 408 g/mol. The fourth-order valence-corrected chi connectivity index (χ4v) is 4.02. The molecule has 0 aliphatic carbocycles. The Labute approximate surface area is 152 Å². The molecule has 1 heterocycles. The summed E-state index contributed by atoms with van der Waals surface area (Å²) in [6.07, 6.45) is -4.85. The number of fused-ring (bicyclic) bond motifs is 1. The van der Waals surface area contributed by atoms with Gasteiger partial charge < -0.3 is 9.47 Å². The first-order valence-corrected chi connectivity index (χ1v) is 9.12. The van der Waals surface area contributed by atoms with Gasteiger partial charge >= 0.3 is 6.18 Å². The van der Waals surface area contributed by atoms with E-state index in [1.807, 2.05) is 0 Å². The number of rotatable bonds is 4. The third-order valence-electron chi connectivity index (χ3n) is 3.78. The van der Waals surface area contributed by atoms with Crippen LogP contribution < -0.4 is 9.47 Å². The van der Waals surface area contributed by atoms with Crippen molar-refractivity contribution in [3.05, 3.63) is 52.5 Å². The number of benzene rings is 2. The zero-order valence-electron chi connectivity index (χ0n) is 13.4. The summed E-state index contributed by atoms with van der Waals surface area (Å²) in [6.45, 7) is -0.0778. The van der Waals surface area contributed by atoms with Crippen LogP contribution >= 0.6 is 11.6 Å². The van der Waals surface area contributed by atoms with E-state index in [2.05, 4.69) is 0 Å². The van der Waals surface area contributed by atoms with Crippen LogP contribution in [0.1, 0.15) is 11.1 Å². The smallest absolute Gasteiger partial charge is 0.417 e. The molecule has 26 heavy (non-hydrogen) atoms. The van der Waals surface area contributed by atoms with Crippen molar-refractivity contribution in [2.45, 2.75) is 17.6 Å². The Kier molecular flexibility index (Phi) is 4.80. The van der Waals surface area contributed by atoms with Gasteiger partial charge in [0.1, 0.15) is 0 Å². The van der Waals surface area contributed by atoms with E-state index < -0.39 is 26.7 Å². The molecule has 0 atom stereocenters. The number of halogens is 4. The van der Waals surface area contributed by atoms with Crippen LogP contribution in [-0.2, 0) is 22.7 Å². The average Bonchev–Trinajstić information content (AvgIpc) is 3.01. The minimum Gasteiger partial charge on any atom is -0.454 e. The molecule has 0 fully saturated rings. The maximum Gasteiger partial charge on any atom is 0.417 e. The predicted molar refractivity (Wildman–Crippen MR) is 87.7 cm³/mol. The molecule has 1 aliphatic heterocycles. The highest BCUT2D eigenvalue weighted by atomic mass is 35.5. The lowest BCUT2D eigenvalue weighted by Crippen LogP contribution is -2.28. The van der Waals surface area contributed by atoms with Crippen molar-refractivity contribution in [1.29, 1.82) is 0 Å². The van der Waals surface area contributed by atoms with Crippen LogP contribution in [0.4, 0.5) is 13.2 Å². The second-order valence-electron chi connectivity index (χ2n) is 5.59. The molecule has 0 N–H and O–H groups in total. The number of hydrogen-bond acceptors (Lipinski definition) is 4. The first-order chi connectivity index (χ1) is 12.1. The van der Waals surface area contributed by atoms with Gasteiger partial charge in [0.2, 0.25) is 16.8 Å². The molecule has 0 unspecified atom stereocenters. The minimum absolute atomic E-state index is 0.0621. The SMILES string of the molecule is CN(Cc1ccc2c(c1)OCO2)S(=O)(=O)c1ccc(Cl)cc1C(F)(F)F. The van der Waals surface area contributed by atoms with Crippen molar-refractivity contribution in [3.63, 3.8) is 0 Å². The lowest BCUT2D eigenvalue weighted by Gasteiger charge is -2.20. The molecular formula is C16H13ClF3NO4S. The Bertz CT molecular complexity index is 947. The number of nitrogens with zero attached hydrogens (tertiary/aromatic N) is 1. The number of sulfonamides is 1. The molecule has 140 valence electrons. The van der Waals surface area contributed by atoms with Gasteiger partial charge in [-0.05, 0) is 35.9 Å². The Morgan fingerprint density at radius 3 is 2.50 bits per heavy atom. The maximum absolute atomic E-state index is 13.2. The lowest BCUT2D eigenvalue weighted by molar-refractivity contribution is -0.139. The molecule has 1 aliphatic rings. The van der Waals surface area contributed by atoms with E-state index in [1.165, 1.54) is 7.05 Å². The summed E-state index contributed by atoms with van der Waals surface area (Å²) < 4.78 is 76.3. The predicted octanol–water partition coefficient (Wildman–Crippen LogP) is 3.91.